The highest BCUT2D eigenvalue weighted by Crippen LogP contribution is 2.08. The normalized spacial score (nSPS) is 11.0. The first kappa shape index (κ1) is 15.1. The van der Waals surface area contributed by atoms with Crippen LogP contribution in [0.25, 0.3) is 10.9 Å². The topological polar surface area (TPSA) is 85.6 Å². The summed E-state index contributed by atoms with van der Waals surface area (Å²) in [5.41, 5.74) is 1.80. The number of para-hydroxylation sites is 1. The van der Waals surface area contributed by atoms with Crippen molar-refractivity contribution in [2.24, 2.45) is 0 Å². The maximum atomic E-state index is 12.6. The quantitative estimate of drug-likeness (QED) is 0.611. The maximum absolute atomic E-state index is 12.6. The summed E-state index contributed by atoms with van der Waals surface area (Å²) in [5, 5.41) is 4.57. The van der Waals surface area contributed by atoms with Crippen LogP contribution in [-0.4, -0.2) is 24.3 Å². The molecule has 4 aromatic rings. The van der Waals surface area contributed by atoms with Crippen molar-refractivity contribution in [3.05, 3.63) is 93.2 Å². The summed E-state index contributed by atoms with van der Waals surface area (Å²) in [6, 6.07) is 14.7. The number of hydrogen-bond donors (Lipinski definition) is 1. The Kier molecular flexibility index (Phi) is 3.74. The summed E-state index contributed by atoms with van der Waals surface area (Å²) < 4.78 is 2.95. The minimum absolute atomic E-state index is 0.225. The zero-order valence-electron chi connectivity index (χ0n) is 13.3. The zero-order chi connectivity index (χ0) is 17.2. The van der Waals surface area contributed by atoms with Gasteiger partial charge >= 0.3 is 5.69 Å². The van der Waals surface area contributed by atoms with Crippen LogP contribution < -0.4 is 11.2 Å². The van der Waals surface area contributed by atoms with Crippen LogP contribution in [0.3, 0.4) is 0 Å². The Morgan fingerprint density at radius 2 is 1.64 bits per heavy atom. The van der Waals surface area contributed by atoms with Crippen LogP contribution in [-0.2, 0) is 13.1 Å². The monoisotopic (exact) mass is 333 g/mol. The second-order valence-electron chi connectivity index (χ2n) is 5.78. The predicted molar refractivity (Wildman–Crippen MR) is 93.5 cm³/mol. The lowest BCUT2D eigenvalue weighted by Crippen LogP contribution is -2.35. The van der Waals surface area contributed by atoms with E-state index in [0.29, 0.717) is 17.4 Å². The smallest absolute Gasteiger partial charge is 0.307 e. The highest BCUT2D eigenvalue weighted by Gasteiger charge is 2.07. The lowest BCUT2D eigenvalue weighted by Gasteiger charge is -2.08. The van der Waals surface area contributed by atoms with Gasteiger partial charge in [-0.25, -0.2) is 14.5 Å². The van der Waals surface area contributed by atoms with Gasteiger partial charge in [-0.15, -0.1) is 0 Å². The number of rotatable bonds is 4. The summed E-state index contributed by atoms with van der Waals surface area (Å²) in [6.07, 6.45) is 3.15. The summed E-state index contributed by atoms with van der Waals surface area (Å²) >= 11 is 0. The number of aromatic amines is 1. The van der Waals surface area contributed by atoms with Gasteiger partial charge in [0.1, 0.15) is 12.7 Å². The van der Waals surface area contributed by atoms with Gasteiger partial charge in [-0.2, -0.15) is 5.10 Å². The van der Waals surface area contributed by atoms with E-state index in [2.05, 4.69) is 15.1 Å². The minimum Gasteiger partial charge on any atom is -0.307 e. The molecule has 0 saturated carbocycles. The third-order valence-electron chi connectivity index (χ3n) is 4.06. The van der Waals surface area contributed by atoms with Crippen molar-refractivity contribution >= 4 is 10.9 Å². The van der Waals surface area contributed by atoms with Crippen LogP contribution in [0.2, 0.25) is 0 Å². The first-order valence-electron chi connectivity index (χ1n) is 7.83. The molecule has 0 aliphatic carbocycles. The lowest BCUT2D eigenvalue weighted by atomic mass is 10.1. The van der Waals surface area contributed by atoms with E-state index in [1.807, 2.05) is 24.3 Å². The van der Waals surface area contributed by atoms with E-state index in [1.54, 1.807) is 35.3 Å². The summed E-state index contributed by atoms with van der Waals surface area (Å²) in [5.74, 6) is 0. The van der Waals surface area contributed by atoms with E-state index in [1.165, 1.54) is 10.9 Å². The number of fused-ring (bicyclic) bond motifs is 1. The van der Waals surface area contributed by atoms with E-state index in [4.69, 9.17) is 0 Å². The van der Waals surface area contributed by atoms with Crippen LogP contribution in [0.4, 0.5) is 0 Å². The Balaban J connectivity index is 1.63. The summed E-state index contributed by atoms with van der Waals surface area (Å²) in [6.45, 7) is 0.847. The lowest BCUT2D eigenvalue weighted by molar-refractivity contribution is 0.682. The van der Waals surface area contributed by atoms with Gasteiger partial charge in [-0.05, 0) is 23.3 Å². The Morgan fingerprint density at radius 3 is 2.36 bits per heavy atom. The molecule has 4 rings (SSSR count). The van der Waals surface area contributed by atoms with Crippen LogP contribution in [0.1, 0.15) is 11.1 Å². The molecule has 124 valence electrons. The Morgan fingerprint density at radius 1 is 0.920 bits per heavy atom. The molecule has 7 nitrogen and oxygen atoms in total. The predicted octanol–water partition coefficient (Wildman–Crippen LogP) is 1.38. The number of hydrogen-bond acceptors (Lipinski definition) is 4. The van der Waals surface area contributed by atoms with Gasteiger partial charge < -0.3 is 4.98 Å². The third kappa shape index (κ3) is 2.99. The summed E-state index contributed by atoms with van der Waals surface area (Å²) in [7, 11) is 0. The van der Waals surface area contributed by atoms with Gasteiger partial charge in [0.25, 0.3) is 5.56 Å². The molecular formula is C18H15N5O2. The molecule has 0 radical (unpaired) electrons. The van der Waals surface area contributed by atoms with Crippen molar-refractivity contribution in [1.29, 1.82) is 0 Å². The maximum Gasteiger partial charge on any atom is 0.329 e. The Bertz CT molecular complexity index is 1120. The molecule has 0 fully saturated rings. The average molecular weight is 333 g/mol. The molecule has 0 aliphatic rings. The molecule has 0 amide bonds. The van der Waals surface area contributed by atoms with E-state index in [9.17, 15) is 9.59 Å². The fourth-order valence-corrected chi connectivity index (χ4v) is 2.78. The zero-order valence-corrected chi connectivity index (χ0v) is 13.3. The van der Waals surface area contributed by atoms with Gasteiger partial charge in [0.2, 0.25) is 0 Å². The molecule has 2 aromatic carbocycles. The Labute approximate surface area is 142 Å². The van der Waals surface area contributed by atoms with Crippen LogP contribution >= 0.6 is 0 Å². The van der Waals surface area contributed by atoms with E-state index in [-0.39, 0.29) is 12.1 Å². The standard InChI is InChI=1S/C18H15N5O2/c24-17-15-3-1-2-4-16(15)21-18(25)23(17)10-14-7-5-13(6-8-14)9-22-12-19-11-20-22/h1-8,11-12H,9-10H2,(H,21,25). The van der Waals surface area contributed by atoms with Crippen LogP contribution in [0.5, 0.6) is 0 Å². The molecule has 25 heavy (non-hydrogen) atoms. The highest BCUT2D eigenvalue weighted by molar-refractivity contribution is 5.76. The third-order valence-corrected chi connectivity index (χ3v) is 4.06. The molecule has 7 heteroatoms. The first-order chi connectivity index (χ1) is 12.2. The molecule has 0 bridgehead atoms. The number of H-pyrrole nitrogens is 1. The fourth-order valence-electron chi connectivity index (χ4n) is 2.78. The van der Waals surface area contributed by atoms with Crippen molar-refractivity contribution < 1.29 is 0 Å². The molecule has 2 aromatic heterocycles. The van der Waals surface area contributed by atoms with Crippen molar-refractivity contribution in [2.75, 3.05) is 0 Å². The molecular weight excluding hydrogens is 318 g/mol. The van der Waals surface area contributed by atoms with E-state index in [0.717, 1.165) is 11.1 Å². The van der Waals surface area contributed by atoms with Crippen molar-refractivity contribution in [1.82, 2.24) is 24.3 Å². The van der Waals surface area contributed by atoms with Gasteiger partial charge in [0.05, 0.1) is 24.0 Å². The number of benzene rings is 2. The van der Waals surface area contributed by atoms with E-state index < -0.39 is 5.69 Å². The van der Waals surface area contributed by atoms with Crippen LogP contribution in [0, 0.1) is 0 Å². The molecule has 0 unspecified atom stereocenters. The molecule has 0 aliphatic heterocycles. The molecule has 2 heterocycles. The second kappa shape index (κ2) is 6.20. The van der Waals surface area contributed by atoms with Crippen molar-refractivity contribution in [3.63, 3.8) is 0 Å². The van der Waals surface area contributed by atoms with Gasteiger partial charge in [0, 0.05) is 0 Å². The first-order valence-corrected chi connectivity index (χ1v) is 7.83. The highest BCUT2D eigenvalue weighted by atomic mass is 16.2. The number of nitrogens with zero attached hydrogens (tertiary/aromatic N) is 4. The SMILES string of the molecule is O=c1[nH]c2ccccc2c(=O)n1Cc1ccc(Cn2cncn2)cc1. The second-order valence-corrected chi connectivity index (χ2v) is 5.78. The fraction of sp³-hybridized carbons (Fsp3) is 0.111. The molecule has 0 saturated heterocycles. The van der Waals surface area contributed by atoms with Crippen LogP contribution in [0.15, 0.2) is 70.8 Å². The van der Waals surface area contributed by atoms with Gasteiger partial charge in [-0.3, -0.25) is 9.36 Å². The van der Waals surface area contributed by atoms with Crippen molar-refractivity contribution in [3.8, 4) is 0 Å². The molecule has 0 atom stereocenters. The summed E-state index contributed by atoms with van der Waals surface area (Å²) in [4.78, 5) is 31.4. The van der Waals surface area contributed by atoms with E-state index >= 15 is 0 Å². The minimum atomic E-state index is -0.407. The molecule has 1 N–H and O–H groups in total. The largest absolute Gasteiger partial charge is 0.329 e. The van der Waals surface area contributed by atoms with Crippen molar-refractivity contribution in [2.45, 2.75) is 13.1 Å². The number of nitrogens with one attached hydrogen (secondary N) is 1. The Hall–Kier alpha value is -3.48. The van der Waals surface area contributed by atoms with Gasteiger partial charge in [0.15, 0.2) is 0 Å². The van der Waals surface area contributed by atoms with Gasteiger partial charge in [-0.1, -0.05) is 36.4 Å². The number of aromatic nitrogens is 5. The molecule has 0 spiro atoms. The average Bonchev–Trinajstić information content (AvgIpc) is 3.13.